The molecular formula is C31H42N4. The minimum Gasteiger partial charge on any atom is -0.383 e. The van der Waals surface area contributed by atoms with E-state index < -0.39 is 0 Å². The Bertz CT molecular complexity index is 1160. The van der Waals surface area contributed by atoms with Crippen LogP contribution in [0.3, 0.4) is 0 Å². The van der Waals surface area contributed by atoms with Gasteiger partial charge in [0.1, 0.15) is 5.82 Å². The van der Waals surface area contributed by atoms with Crippen LogP contribution in [0, 0.1) is 32.1 Å². The fourth-order valence-electron chi connectivity index (χ4n) is 3.30. The lowest BCUT2D eigenvalue weighted by molar-refractivity contribution is 0.799. The fourth-order valence-corrected chi connectivity index (χ4v) is 3.30. The van der Waals surface area contributed by atoms with Crippen molar-refractivity contribution in [3.63, 3.8) is 0 Å². The molecule has 0 aliphatic heterocycles. The Labute approximate surface area is 213 Å². The lowest BCUT2D eigenvalue weighted by Crippen LogP contribution is -1.98. The number of pyridine rings is 3. The zero-order valence-electron chi connectivity index (χ0n) is 21.4. The van der Waals surface area contributed by atoms with E-state index >= 15 is 0 Å². The quantitative estimate of drug-likeness (QED) is 0.236. The summed E-state index contributed by atoms with van der Waals surface area (Å²) in [4.78, 5) is 13.4. The summed E-state index contributed by atoms with van der Waals surface area (Å²) in [6, 6.07) is 6.10. The van der Waals surface area contributed by atoms with Gasteiger partial charge in [-0.2, -0.15) is 0 Å². The Balaban J connectivity index is 0.000000892. The van der Waals surface area contributed by atoms with E-state index in [4.69, 9.17) is 5.73 Å². The molecule has 4 nitrogen and oxygen atoms in total. The van der Waals surface area contributed by atoms with E-state index in [0.29, 0.717) is 5.82 Å². The number of aryl methyl sites for hydroxylation is 2. The van der Waals surface area contributed by atoms with Crippen molar-refractivity contribution in [3.8, 4) is 23.6 Å². The molecule has 3 aromatic rings. The highest BCUT2D eigenvalue weighted by Crippen LogP contribution is 2.31. The highest BCUT2D eigenvalue weighted by Gasteiger charge is 2.17. The largest absolute Gasteiger partial charge is 0.383 e. The van der Waals surface area contributed by atoms with Gasteiger partial charge in [-0.25, -0.2) is 4.98 Å². The third-order valence-corrected chi connectivity index (χ3v) is 5.37. The van der Waals surface area contributed by atoms with Gasteiger partial charge in [-0.05, 0) is 68.3 Å². The van der Waals surface area contributed by atoms with Gasteiger partial charge < -0.3 is 5.73 Å². The number of terminal acetylenes is 1. The summed E-state index contributed by atoms with van der Waals surface area (Å²) in [5, 5.41) is 1.91. The Morgan fingerprint density at radius 2 is 1.80 bits per heavy atom. The first kappa shape index (κ1) is 31.3. The molecule has 0 atom stereocenters. The third kappa shape index (κ3) is 9.22. The molecule has 2 N–H and O–H groups in total. The zero-order valence-corrected chi connectivity index (χ0v) is 21.4. The van der Waals surface area contributed by atoms with E-state index in [9.17, 15) is 0 Å². The SMILES string of the molecule is C.C#CC.C=C.C=C/C(=C\C)c1cc(C)c(-c2cc3cc(C)ncc3c(N)n2)cn1.CCC1CC1. The van der Waals surface area contributed by atoms with Gasteiger partial charge in [-0.15, -0.1) is 25.5 Å². The average Bonchev–Trinajstić information content (AvgIpc) is 3.67. The van der Waals surface area contributed by atoms with Crippen molar-refractivity contribution in [3.05, 3.63) is 79.4 Å². The minimum absolute atomic E-state index is 0. The fraction of sp³-hybridized carbons (Fsp3) is 0.323. The maximum absolute atomic E-state index is 6.12. The molecule has 0 unspecified atom stereocenters. The van der Waals surface area contributed by atoms with Gasteiger partial charge in [-0.1, -0.05) is 52.3 Å². The molecule has 186 valence electrons. The smallest absolute Gasteiger partial charge is 0.133 e. The van der Waals surface area contributed by atoms with Crippen LogP contribution in [-0.4, -0.2) is 15.0 Å². The first-order valence-corrected chi connectivity index (χ1v) is 11.5. The molecule has 0 spiro atoms. The molecule has 4 rings (SSSR count). The molecule has 0 saturated heterocycles. The second kappa shape index (κ2) is 16.0. The summed E-state index contributed by atoms with van der Waals surface area (Å²) in [6.07, 6.45) is 16.5. The molecule has 0 aromatic carbocycles. The van der Waals surface area contributed by atoms with E-state index in [1.807, 2.05) is 50.4 Å². The number of fused-ring (bicyclic) bond motifs is 1. The summed E-state index contributed by atoms with van der Waals surface area (Å²) in [5.74, 6) is 3.87. The van der Waals surface area contributed by atoms with Crippen LogP contribution in [0.15, 0.2) is 62.5 Å². The van der Waals surface area contributed by atoms with Crippen molar-refractivity contribution in [1.29, 1.82) is 0 Å². The summed E-state index contributed by atoms with van der Waals surface area (Å²) in [6.45, 7) is 19.7. The first-order chi connectivity index (χ1) is 16.4. The molecule has 1 aliphatic rings. The highest BCUT2D eigenvalue weighted by molar-refractivity contribution is 5.93. The number of hydrogen-bond donors (Lipinski definition) is 1. The second-order valence-corrected chi connectivity index (χ2v) is 7.91. The van der Waals surface area contributed by atoms with Crippen molar-refractivity contribution in [2.45, 2.75) is 61.3 Å². The Morgan fingerprint density at radius 1 is 1.17 bits per heavy atom. The van der Waals surface area contributed by atoms with E-state index in [1.165, 1.54) is 19.3 Å². The lowest BCUT2D eigenvalue weighted by atomic mass is 10.0. The van der Waals surface area contributed by atoms with Crippen LogP contribution in [0.1, 0.15) is 64.4 Å². The standard InChI is InChI=1S/C20H20N4.C5H10.C3H4.C2H4.CH4/c1-5-14(6-2)18-7-12(3)16(10-23-18)19-9-15-8-13(4)22-11-17(15)20(21)24-19;1-2-5-3-4-5;1-3-2;1-2;/h5-11H,1H2,2-4H3,(H2,21,24);5H,2-4H2,1H3;1H,2H3;1-2H2;1H4/b14-6+;;;;. The molecule has 3 aromatic heterocycles. The molecule has 35 heavy (non-hydrogen) atoms. The second-order valence-electron chi connectivity index (χ2n) is 7.91. The van der Waals surface area contributed by atoms with Crippen molar-refractivity contribution in [2.24, 2.45) is 5.92 Å². The van der Waals surface area contributed by atoms with Crippen LogP contribution in [0.5, 0.6) is 0 Å². The number of allylic oxidation sites excluding steroid dienone is 3. The summed E-state index contributed by atoms with van der Waals surface area (Å²) < 4.78 is 0. The van der Waals surface area contributed by atoms with Crippen LogP contribution in [0.25, 0.3) is 27.6 Å². The van der Waals surface area contributed by atoms with Gasteiger partial charge >= 0.3 is 0 Å². The van der Waals surface area contributed by atoms with E-state index in [0.717, 1.165) is 50.5 Å². The third-order valence-electron chi connectivity index (χ3n) is 5.37. The Morgan fingerprint density at radius 3 is 2.26 bits per heavy atom. The highest BCUT2D eigenvalue weighted by atomic mass is 14.9. The predicted molar refractivity (Wildman–Crippen MR) is 156 cm³/mol. The van der Waals surface area contributed by atoms with Crippen molar-refractivity contribution >= 4 is 22.2 Å². The minimum atomic E-state index is 0. The van der Waals surface area contributed by atoms with Gasteiger partial charge in [0.2, 0.25) is 0 Å². The molecule has 3 heterocycles. The topological polar surface area (TPSA) is 64.7 Å². The van der Waals surface area contributed by atoms with Crippen molar-refractivity contribution < 1.29 is 0 Å². The van der Waals surface area contributed by atoms with Crippen LogP contribution >= 0.6 is 0 Å². The molecule has 0 amide bonds. The summed E-state index contributed by atoms with van der Waals surface area (Å²) in [5.41, 5.74) is 11.9. The van der Waals surface area contributed by atoms with Gasteiger partial charge in [0.05, 0.1) is 11.4 Å². The normalized spacial score (nSPS) is 11.7. The average molecular weight is 471 g/mol. The monoisotopic (exact) mass is 470 g/mol. The maximum atomic E-state index is 6.12. The van der Waals surface area contributed by atoms with Crippen LogP contribution in [0.2, 0.25) is 0 Å². The van der Waals surface area contributed by atoms with Crippen molar-refractivity contribution in [1.82, 2.24) is 15.0 Å². The number of nitrogen functional groups attached to an aromatic ring is 1. The molecule has 4 heteroatoms. The summed E-state index contributed by atoms with van der Waals surface area (Å²) >= 11 is 0. The van der Waals surface area contributed by atoms with Gasteiger partial charge in [0.15, 0.2) is 0 Å². The number of nitrogens with zero attached hydrogens (tertiary/aromatic N) is 3. The molecule has 0 bridgehead atoms. The molecule has 1 aliphatic carbocycles. The van der Waals surface area contributed by atoms with Gasteiger partial charge in [0.25, 0.3) is 0 Å². The molecule has 1 saturated carbocycles. The molecular weight excluding hydrogens is 428 g/mol. The molecule has 1 fully saturated rings. The van der Waals surface area contributed by atoms with Crippen LogP contribution < -0.4 is 5.73 Å². The number of aromatic nitrogens is 3. The number of nitrogens with two attached hydrogens (primary N) is 1. The molecule has 0 radical (unpaired) electrons. The number of rotatable bonds is 4. The van der Waals surface area contributed by atoms with E-state index in [2.05, 4.69) is 60.9 Å². The summed E-state index contributed by atoms with van der Waals surface area (Å²) in [7, 11) is 0. The van der Waals surface area contributed by atoms with Crippen LogP contribution in [-0.2, 0) is 0 Å². The number of hydrogen-bond acceptors (Lipinski definition) is 4. The van der Waals surface area contributed by atoms with Gasteiger partial charge in [0, 0.05) is 29.0 Å². The predicted octanol–water partition coefficient (Wildman–Crippen LogP) is 8.36. The Kier molecular flexibility index (Phi) is 14.3. The zero-order chi connectivity index (χ0) is 25.7. The lowest BCUT2D eigenvalue weighted by Gasteiger charge is -2.10. The maximum Gasteiger partial charge on any atom is 0.133 e. The van der Waals surface area contributed by atoms with Crippen molar-refractivity contribution in [2.75, 3.05) is 5.73 Å². The first-order valence-electron chi connectivity index (χ1n) is 11.5. The van der Waals surface area contributed by atoms with E-state index in [1.54, 1.807) is 13.1 Å². The van der Waals surface area contributed by atoms with Gasteiger partial charge in [-0.3, -0.25) is 9.97 Å². The number of anilines is 1. The Hall–Kier alpha value is -3.71. The van der Waals surface area contributed by atoms with Crippen LogP contribution in [0.4, 0.5) is 5.82 Å². The van der Waals surface area contributed by atoms with E-state index in [-0.39, 0.29) is 7.43 Å².